The Morgan fingerprint density at radius 3 is 2.38 bits per heavy atom. The maximum absolute atomic E-state index is 11.5. The van der Waals surface area contributed by atoms with Crippen LogP contribution in [0.2, 0.25) is 0 Å². The number of nitrogens with zero attached hydrogens (tertiary/aromatic N) is 1. The van der Waals surface area contributed by atoms with E-state index in [0.717, 1.165) is 19.3 Å². The monoisotopic (exact) mass is 223 g/mol. The van der Waals surface area contributed by atoms with Crippen LogP contribution in [0.15, 0.2) is 12.7 Å². The van der Waals surface area contributed by atoms with E-state index in [0.29, 0.717) is 12.8 Å². The van der Waals surface area contributed by atoms with E-state index in [2.05, 4.69) is 13.5 Å². The Morgan fingerprint density at radius 2 is 1.88 bits per heavy atom. The summed E-state index contributed by atoms with van der Waals surface area (Å²) in [5.74, 6) is -0.0733. The third-order valence-corrected chi connectivity index (χ3v) is 3.05. The van der Waals surface area contributed by atoms with Gasteiger partial charge in [0.05, 0.1) is 6.04 Å². The molecule has 2 amide bonds. The summed E-state index contributed by atoms with van der Waals surface area (Å²) in [5.41, 5.74) is 0. The first kappa shape index (κ1) is 12.9. The summed E-state index contributed by atoms with van der Waals surface area (Å²) in [6.45, 7) is 5.89. The summed E-state index contributed by atoms with van der Waals surface area (Å²) in [6.07, 6.45) is 7.97. The van der Waals surface area contributed by atoms with Crippen LogP contribution in [0.4, 0.5) is 0 Å². The minimum Gasteiger partial charge on any atom is -0.276 e. The zero-order chi connectivity index (χ0) is 12.0. The second kappa shape index (κ2) is 6.46. The van der Waals surface area contributed by atoms with Crippen molar-refractivity contribution >= 4 is 11.8 Å². The summed E-state index contributed by atoms with van der Waals surface area (Å²) in [5, 5.41) is 0. The van der Waals surface area contributed by atoms with Crippen molar-refractivity contribution in [1.82, 2.24) is 4.90 Å². The Morgan fingerprint density at radius 1 is 1.25 bits per heavy atom. The fraction of sp³-hybridized carbons (Fsp3) is 0.692. The fourth-order valence-electron chi connectivity index (χ4n) is 2.10. The van der Waals surface area contributed by atoms with Gasteiger partial charge in [-0.15, -0.1) is 6.58 Å². The largest absolute Gasteiger partial charge is 0.276 e. The molecule has 3 nitrogen and oxygen atoms in total. The van der Waals surface area contributed by atoms with Crippen molar-refractivity contribution in [3.8, 4) is 0 Å². The van der Waals surface area contributed by atoms with Crippen LogP contribution >= 0.6 is 0 Å². The van der Waals surface area contributed by atoms with E-state index in [-0.39, 0.29) is 17.9 Å². The Hall–Kier alpha value is -1.12. The molecule has 1 fully saturated rings. The van der Waals surface area contributed by atoms with E-state index in [1.807, 2.05) is 0 Å². The van der Waals surface area contributed by atoms with Gasteiger partial charge in [-0.25, -0.2) is 0 Å². The second-order valence-electron chi connectivity index (χ2n) is 4.31. The van der Waals surface area contributed by atoms with Gasteiger partial charge >= 0.3 is 0 Å². The van der Waals surface area contributed by atoms with E-state index >= 15 is 0 Å². The van der Waals surface area contributed by atoms with Crippen molar-refractivity contribution < 1.29 is 9.59 Å². The molecule has 0 aliphatic carbocycles. The number of hydrogen-bond acceptors (Lipinski definition) is 2. The molecule has 0 bridgehead atoms. The first-order valence-electron chi connectivity index (χ1n) is 6.18. The number of hydrogen-bond donors (Lipinski definition) is 0. The molecule has 0 radical (unpaired) electrons. The molecule has 0 spiro atoms. The van der Waals surface area contributed by atoms with Gasteiger partial charge in [0.25, 0.3) is 0 Å². The molecule has 3 heteroatoms. The van der Waals surface area contributed by atoms with Crippen LogP contribution < -0.4 is 0 Å². The molecule has 16 heavy (non-hydrogen) atoms. The maximum atomic E-state index is 11.5. The highest BCUT2D eigenvalue weighted by atomic mass is 16.2. The number of likely N-dealkylation sites (tertiary alicyclic amines) is 1. The van der Waals surface area contributed by atoms with Crippen molar-refractivity contribution in [1.29, 1.82) is 0 Å². The number of carbonyl (C=O) groups is 2. The lowest BCUT2D eigenvalue weighted by Gasteiger charge is -2.23. The third kappa shape index (κ3) is 3.19. The third-order valence-electron chi connectivity index (χ3n) is 3.05. The lowest BCUT2D eigenvalue weighted by atomic mass is 10.1. The van der Waals surface area contributed by atoms with E-state index in [4.69, 9.17) is 0 Å². The fourth-order valence-corrected chi connectivity index (χ4v) is 2.10. The number of amides is 2. The number of unbranched alkanes of at least 4 members (excludes halogenated alkanes) is 3. The topological polar surface area (TPSA) is 37.4 Å². The van der Waals surface area contributed by atoms with E-state index in [1.165, 1.54) is 17.7 Å². The zero-order valence-corrected chi connectivity index (χ0v) is 10.1. The van der Waals surface area contributed by atoms with Gasteiger partial charge < -0.3 is 0 Å². The molecule has 1 saturated heterocycles. The second-order valence-corrected chi connectivity index (χ2v) is 4.31. The molecule has 1 atom stereocenters. The van der Waals surface area contributed by atoms with Gasteiger partial charge in [0, 0.05) is 12.8 Å². The van der Waals surface area contributed by atoms with Gasteiger partial charge in [0.15, 0.2) is 0 Å². The first-order valence-corrected chi connectivity index (χ1v) is 6.18. The molecule has 0 saturated carbocycles. The molecule has 1 rings (SSSR count). The highest BCUT2D eigenvalue weighted by Gasteiger charge is 2.33. The van der Waals surface area contributed by atoms with E-state index in [9.17, 15) is 9.59 Å². The summed E-state index contributed by atoms with van der Waals surface area (Å²) in [7, 11) is 0. The van der Waals surface area contributed by atoms with Crippen LogP contribution in [-0.2, 0) is 9.59 Å². The molecule has 1 heterocycles. The van der Waals surface area contributed by atoms with Crippen molar-refractivity contribution in [3.05, 3.63) is 12.7 Å². The van der Waals surface area contributed by atoms with Gasteiger partial charge in [0.1, 0.15) is 0 Å². The van der Waals surface area contributed by atoms with Crippen molar-refractivity contribution in [3.63, 3.8) is 0 Å². The Kier molecular flexibility index (Phi) is 5.23. The summed E-state index contributed by atoms with van der Waals surface area (Å²) >= 11 is 0. The predicted octanol–water partition coefficient (Wildman–Crippen LogP) is 2.66. The molecule has 1 unspecified atom stereocenters. The average molecular weight is 223 g/mol. The minimum absolute atomic E-state index is 0.0367. The van der Waals surface area contributed by atoms with Crippen molar-refractivity contribution in [2.75, 3.05) is 0 Å². The normalized spacial score (nSPS) is 17.9. The number of carbonyl (C=O) groups excluding carboxylic acids is 2. The summed E-state index contributed by atoms with van der Waals surface area (Å²) in [4.78, 5) is 24.5. The first-order chi connectivity index (χ1) is 7.70. The lowest BCUT2D eigenvalue weighted by Crippen LogP contribution is -2.38. The van der Waals surface area contributed by atoms with Crippen LogP contribution in [-0.4, -0.2) is 22.8 Å². The minimum atomic E-state index is -0.0839. The highest BCUT2D eigenvalue weighted by molar-refractivity contribution is 6.02. The molecule has 1 aliphatic heterocycles. The van der Waals surface area contributed by atoms with Gasteiger partial charge in [0.2, 0.25) is 11.8 Å². The lowest BCUT2D eigenvalue weighted by molar-refractivity contribution is -0.140. The Labute approximate surface area is 97.5 Å². The van der Waals surface area contributed by atoms with Gasteiger partial charge in [-0.2, -0.15) is 0 Å². The van der Waals surface area contributed by atoms with Crippen LogP contribution in [0.25, 0.3) is 0 Å². The molecular weight excluding hydrogens is 202 g/mol. The van der Waals surface area contributed by atoms with Crippen LogP contribution in [0.3, 0.4) is 0 Å². The van der Waals surface area contributed by atoms with Crippen LogP contribution in [0, 0.1) is 0 Å². The van der Waals surface area contributed by atoms with E-state index < -0.39 is 0 Å². The summed E-state index contributed by atoms with van der Waals surface area (Å²) in [6, 6.07) is -0.0839. The van der Waals surface area contributed by atoms with E-state index in [1.54, 1.807) is 6.08 Å². The molecular formula is C13H21NO2. The van der Waals surface area contributed by atoms with Crippen LogP contribution in [0.5, 0.6) is 0 Å². The Bertz CT molecular complexity index is 257. The average Bonchev–Trinajstić information content (AvgIpc) is 2.60. The van der Waals surface area contributed by atoms with Crippen molar-refractivity contribution in [2.45, 2.75) is 57.9 Å². The van der Waals surface area contributed by atoms with Gasteiger partial charge in [-0.3, -0.25) is 14.5 Å². The van der Waals surface area contributed by atoms with Gasteiger partial charge in [-0.05, 0) is 6.42 Å². The number of imide groups is 1. The standard InChI is InChI=1S/C13H21NO2/c1-3-5-6-7-8-11(4-2)14-12(15)9-10-13(14)16/h4,11H,2-3,5-10H2,1H3. The highest BCUT2D eigenvalue weighted by Crippen LogP contribution is 2.20. The van der Waals surface area contributed by atoms with Crippen molar-refractivity contribution in [2.24, 2.45) is 0 Å². The molecule has 0 aromatic rings. The SMILES string of the molecule is C=CC(CCCCCC)N1C(=O)CCC1=O. The van der Waals surface area contributed by atoms with Crippen LogP contribution in [0.1, 0.15) is 51.9 Å². The molecule has 0 N–H and O–H groups in total. The molecule has 90 valence electrons. The summed E-state index contributed by atoms with van der Waals surface area (Å²) < 4.78 is 0. The quantitative estimate of drug-likeness (QED) is 0.378. The zero-order valence-electron chi connectivity index (χ0n) is 10.1. The smallest absolute Gasteiger partial charge is 0.230 e. The molecule has 0 aromatic heterocycles. The van der Waals surface area contributed by atoms with Gasteiger partial charge in [-0.1, -0.05) is 38.7 Å². The number of rotatable bonds is 7. The molecule has 0 aromatic carbocycles. The maximum Gasteiger partial charge on any atom is 0.230 e. The molecule has 1 aliphatic rings. The Balaban J connectivity index is 2.43. The predicted molar refractivity (Wildman–Crippen MR) is 63.8 cm³/mol.